The summed E-state index contributed by atoms with van der Waals surface area (Å²) >= 11 is 0. The Bertz CT molecular complexity index is 1030. The predicted molar refractivity (Wildman–Crippen MR) is 106 cm³/mol. The quantitative estimate of drug-likeness (QED) is 0.513. The highest BCUT2D eigenvalue weighted by atomic mass is 32.2. The zero-order chi connectivity index (χ0) is 21.8. The number of aromatic amines is 1. The van der Waals surface area contributed by atoms with Crippen molar-refractivity contribution in [1.29, 1.82) is 0 Å². The van der Waals surface area contributed by atoms with E-state index in [1.165, 1.54) is 24.3 Å². The van der Waals surface area contributed by atoms with Gasteiger partial charge in [-0.15, -0.1) is 0 Å². The lowest BCUT2D eigenvalue weighted by Crippen LogP contribution is -2.16. The standard InChI is InChI=1S/C20H23NO7S/c1-5-27-20(24)17-12(2)18(21-13(17)3)16(22)10-28-19(23)15-8-6-14(7-9-15)11-29(4,25)26/h6-9,21H,5,10-11H2,1-4H3. The van der Waals surface area contributed by atoms with Crippen LogP contribution in [0, 0.1) is 13.8 Å². The summed E-state index contributed by atoms with van der Waals surface area (Å²) in [7, 11) is -3.18. The van der Waals surface area contributed by atoms with Crippen LogP contribution in [-0.2, 0) is 25.1 Å². The molecule has 8 nitrogen and oxygen atoms in total. The predicted octanol–water partition coefficient (Wildman–Crippen LogP) is 2.39. The van der Waals surface area contributed by atoms with E-state index in [0.29, 0.717) is 22.4 Å². The molecule has 0 radical (unpaired) electrons. The average molecular weight is 421 g/mol. The van der Waals surface area contributed by atoms with E-state index in [1.807, 2.05) is 0 Å². The summed E-state index contributed by atoms with van der Waals surface area (Å²) in [6.45, 7) is 4.67. The fourth-order valence-corrected chi connectivity index (χ4v) is 3.66. The Morgan fingerprint density at radius 2 is 1.62 bits per heavy atom. The maximum absolute atomic E-state index is 12.4. The molecule has 0 aliphatic carbocycles. The van der Waals surface area contributed by atoms with Crippen molar-refractivity contribution in [3.05, 3.63) is 57.9 Å². The highest BCUT2D eigenvalue weighted by molar-refractivity contribution is 7.89. The second-order valence-electron chi connectivity index (χ2n) is 6.61. The number of sulfone groups is 1. The minimum Gasteiger partial charge on any atom is -0.462 e. The number of ether oxygens (including phenoxy) is 2. The Hall–Kier alpha value is -2.94. The Kier molecular flexibility index (Phi) is 6.97. The lowest BCUT2D eigenvalue weighted by Gasteiger charge is -2.06. The summed E-state index contributed by atoms with van der Waals surface area (Å²) in [5.74, 6) is -1.85. The van der Waals surface area contributed by atoms with Crippen LogP contribution in [0.2, 0.25) is 0 Å². The fourth-order valence-electron chi connectivity index (χ4n) is 2.86. The number of rotatable bonds is 8. The van der Waals surface area contributed by atoms with Crippen LogP contribution in [0.25, 0.3) is 0 Å². The summed E-state index contributed by atoms with van der Waals surface area (Å²) < 4.78 is 32.6. The average Bonchev–Trinajstić information content (AvgIpc) is 2.93. The summed E-state index contributed by atoms with van der Waals surface area (Å²) in [5.41, 5.74) is 2.15. The van der Waals surface area contributed by atoms with Gasteiger partial charge in [-0.05, 0) is 44.0 Å². The van der Waals surface area contributed by atoms with Crippen molar-refractivity contribution in [2.45, 2.75) is 26.5 Å². The molecular formula is C20H23NO7S. The first kappa shape index (κ1) is 22.4. The Morgan fingerprint density at radius 1 is 1.00 bits per heavy atom. The molecular weight excluding hydrogens is 398 g/mol. The minimum atomic E-state index is -3.18. The number of hydrogen-bond donors (Lipinski definition) is 1. The Labute approximate surface area is 169 Å². The lowest BCUT2D eigenvalue weighted by molar-refractivity contribution is 0.0472. The number of carbonyl (C=O) groups excluding carboxylic acids is 3. The maximum Gasteiger partial charge on any atom is 0.340 e. The summed E-state index contributed by atoms with van der Waals surface area (Å²) in [4.78, 5) is 39.4. The van der Waals surface area contributed by atoms with Gasteiger partial charge >= 0.3 is 11.9 Å². The topological polar surface area (TPSA) is 120 Å². The zero-order valence-electron chi connectivity index (χ0n) is 16.7. The van der Waals surface area contributed by atoms with Crippen molar-refractivity contribution in [2.24, 2.45) is 0 Å². The number of Topliss-reactive ketones (excluding diaryl/α,β-unsaturated/α-hetero) is 1. The normalized spacial score (nSPS) is 11.2. The molecule has 9 heteroatoms. The highest BCUT2D eigenvalue weighted by Gasteiger charge is 2.23. The molecule has 1 N–H and O–H groups in total. The SMILES string of the molecule is CCOC(=O)c1c(C)[nH]c(C(=O)COC(=O)c2ccc(CS(C)(=O)=O)cc2)c1C. The largest absolute Gasteiger partial charge is 0.462 e. The Morgan fingerprint density at radius 3 is 2.17 bits per heavy atom. The number of H-pyrrole nitrogens is 1. The second kappa shape index (κ2) is 9.04. The van der Waals surface area contributed by atoms with Gasteiger partial charge < -0.3 is 14.5 Å². The van der Waals surface area contributed by atoms with Gasteiger partial charge in [0.2, 0.25) is 5.78 Å². The van der Waals surface area contributed by atoms with Crippen LogP contribution in [0.5, 0.6) is 0 Å². The van der Waals surface area contributed by atoms with E-state index >= 15 is 0 Å². The Balaban J connectivity index is 2.05. The van der Waals surface area contributed by atoms with Crippen LogP contribution >= 0.6 is 0 Å². The minimum absolute atomic E-state index is 0.130. The zero-order valence-corrected chi connectivity index (χ0v) is 17.5. The van der Waals surface area contributed by atoms with Gasteiger partial charge in [0, 0.05) is 11.9 Å². The molecule has 0 aliphatic heterocycles. The number of ketones is 1. The van der Waals surface area contributed by atoms with E-state index in [9.17, 15) is 22.8 Å². The molecule has 0 saturated carbocycles. The van der Waals surface area contributed by atoms with Crippen LogP contribution in [0.4, 0.5) is 0 Å². The molecule has 156 valence electrons. The molecule has 0 atom stereocenters. The van der Waals surface area contributed by atoms with Crippen LogP contribution in [0.15, 0.2) is 24.3 Å². The first-order valence-corrected chi connectivity index (χ1v) is 10.9. The lowest BCUT2D eigenvalue weighted by atomic mass is 10.1. The number of aryl methyl sites for hydroxylation is 1. The van der Waals surface area contributed by atoms with Crippen molar-refractivity contribution >= 4 is 27.6 Å². The number of esters is 2. The molecule has 0 unspecified atom stereocenters. The maximum atomic E-state index is 12.4. The van der Waals surface area contributed by atoms with E-state index in [-0.39, 0.29) is 23.6 Å². The number of aromatic nitrogens is 1. The summed E-state index contributed by atoms with van der Waals surface area (Å²) in [5, 5.41) is 0. The third kappa shape index (κ3) is 5.77. The molecule has 0 bridgehead atoms. The van der Waals surface area contributed by atoms with Gasteiger partial charge in [0.25, 0.3) is 0 Å². The molecule has 29 heavy (non-hydrogen) atoms. The van der Waals surface area contributed by atoms with Crippen LogP contribution in [0.3, 0.4) is 0 Å². The number of nitrogens with one attached hydrogen (secondary N) is 1. The van der Waals surface area contributed by atoms with Gasteiger partial charge in [-0.2, -0.15) is 0 Å². The smallest absolute Gasteiger partial charge is 0.340 e. The van der Waals surface area contributed by atoms with Gasteiger partial charge in [0.05, 0.1) is 29.2 Å². The van der Waals surface area contributed by atoms with Crippen LogP contribution in [0.1, 0.15) is 54.9 Å². The molecule has 0 amide bonds. The van der Waals surface area contributed by atoms with Crippen molar-refractivity contribution in [1.82, 2.24) is 4.98 Å². The molecule has 0 saturated heterocycles. The van der Waals surface area contributed by atoms with E-state index in [1.54, 1.807) is 20.8 Å². The van der Waals surface area contributed by atoms with Crippen molar-refractivity contribution in [2.75, 3.05) is 19.5 Å². The van der Waals surface area contributed by atoms with Crippen molar-refractivity contribution < 1.29 is 32.3 Å². The van der Waals surface area contributed by atoms with Crippen molar-refractivity contribution in [3.63, 3.8) is 0 Å². The van der Waals surface area contributed by atoms with E-state index in [2.05, 4.69) is 4.98 Å². The molecule has 1 heterocycles. The van der Waals surface area contributed by atoms with Crippen LogP contribution < -0.4 is 0 Å². The van der Waals surface area contributed by atoms with E-state index in [0.717, 1.165) is 6.26 Å². The van der Waals surface area contributed by atoms with Crippen LogP contribution in [-0.4, -0.2) is 50.6 Å². The number of benzene rings is 1. The van der Waals surface area contributed by atoms with Crippen molar-refractivity contribution in [3.8, 4) is 0 Å². The monoisotopic (exact) mass is 421 g/mol. The first-order valence-electron chi connectivity index (χ1n) is 8.86. The van der Waals surface area contributed by atoms with Gasteiger partial charge in [0.15, 0.2) is 16.4 Å². The molecule has 0 spiro atoms. The highest BCUT2D eigenvalue weighted by Crippen LogP contribution is 2.20. The van der Waals surface area contributed by atoms with Gasteiger partial charge in [-0.1, -0.05) is 12.1 Å². The second-order valence-corrected chi connectivity index (χ2v) is 8.75. The number of hydrogen-bond acceptors (Lipinski definition) is 7. The molecule has 2 rings (SSSR count). The molecule has 0 aliphatic rings. The number of carbonyl (C=O) groups is 3. The molecule has 1 aromatic heterocycles. The van der Waals surface area contributed by atoms with Gasteiger partial charge in [0.1, 0.15) is 0 Å². The third-order valence-electron chi connectivity index (χ3n) is 4.15. The third-order valence-corrected chi connectivity index (χ3v) is 5.01. The summed E-state index contributed by atoms with van der Waals surface area (Å²) in [6.07, 6.45) is 1.12. The van der Waals surface area contributed by atoms with E-state index in [4.69, 9.17) is 9.47 Å². The summed E-state index contributed by atoms with van der Waals surface area (Å²) in [6, 6.07) is 5.92. The molecule has 0 fully saturated rings. The van der Waals surface area contributed by atoms with Gasteiger partial charge in [-0.25, -0.2) is 18.0 Å². The fraction of sp³-hybridized carbons (Fsp3) is 0.350. The van der Waals surface area contributed by atoms with E-state index < -0.39 is 34.2 Å². The molecule has 1 aromatic carbocycles. The van der Waals surface area contributed by atoms with Gasteiger partial charge in [-0.3, -0.25) is 4.79 Å². The first-order chi connectivity index (χ1) is 13.5. The molecule has 2 aromatic rings.